The Kier molecular flexibility index (Phi) is 51.5. The predicted octanol–water partition coefficient (Wildman–Crippen LogP) is 18.2. The Morgan fingerprint density at radius 1 is 0.359 bits per heavy atom. The second-order valence-corrected chi connectivity index (χ2v) is 17.4. The van der Waals surface area contributed by atoms with E-state index >= 15 is 0 Å². The van der Waals surface area contributed by atoms with Crippen molar-refractivity contribution in [2.45, 2.75) is 245 Å². The smallest absolute Gasteiger partial charge is 0.306 e. The third-order valence-electron chi connectivity index (χ3n) is 11.1. The van der Waals surface area contributed by atoms with Crippen LogP contribution in [0.4, 0.5) is 0 Å². The van der Waals surface area contributed by atoms with E-state index in [2.05, 4.69) is 118 Å². The quantitative estimate of drug-likeness (QED) is 0.0346. The molecule has 0 aromatic carbocycles. The number of unbranched alkanes of at least 4 members (excludes halogenated alkanes) is 21. The molecule has 0 aliphatic carbocycles. The van der Waals surface area contributed by atoms with Gasteiger partial charge in [0, 0.05) is 19.4 Å². The summed E-state index contributed by atoms with van der Waals surface area (Å²) in [5.74, 6) is -0.438. The SMILES string of the molecule is CC/C=C\C/C=C\C/C=C\CCCCCCCCCCOCC(COC(=O)CCCCCCC/C=C\C/C=C\C/C=C\CC)OC(=O)CCCCCCC/C=C\C/C=C\CCCCC. The van der Waals surface area contributed by atoms with Gasteiger partial charge in [0.05, 0.1) is 6.61 Å². The molecule has 0 saturated carbocycles. The first-order valence-electron chi connectivity index (χ1n) is 26.8. The van der Waals surface area contributed by atoms with Gasteiger partial charge in [0.2, 0.25) is 0 Å². The highest BCUT2D eigenvalue weighted by molar-refractivity contribution is 5.70. The molecular formula is C59H100O5. The van der Waals surface area contributed by atoms with E-state index in [1.54, 1.807) is 0 Å². The molecule has 0 aliphatic rings. The molecule has 1 unspecified atom stereocenters. The van der Waals surface area contributed by atoms with Crippen molar-refractivity contribution in [2.24, 2.45) is 0 Å². The Labute approximate surface area is 396 Å². The minimum absolute atomic E-state index is 0.0630. The van der Waals surface area contributed by atoms with E-state index in [-0.39, 0.29) is 25.2 Å². The van der Waals surface area contributed by atoms with E-state index in [1.807, 2.05) is 0 Å². The summed E-state index contributed by atoms with van der Waals surface area (Å²) in [7, 11) is 0. The maximum Gasteiger partial charge on any atom is 0.306 e. The first-order chi connectivity index (χ1) is 31.6. The number of ether oxygens (including phenoxy) is 3. The average Bonchev–Trinajstić information content (AvgIpc) is 3.30. The number of carbonyl (C=O) groups excluding carboxylic acids is 2. The largest absolute Gasteiger partial charge is 0.462 e. The van der Waals surface area contributed by atoms with Crippen LogP contribution in [0.3, 0.4) is 0 Å². The standard InChI is InChI=1S/C59H100O5/c1-4-7-10-13-16-19-22-25-28-29-30-33-36-39-42-45-48-51-54-62-55-57(64-59(61)53-50-47-44-41-38-35-32-27-24-21-18-15-12-9-6-3)56-63-58(60)52-49-46-43-40-37-34-31-26-23-20-17-14-11-8-5-2/h7-8,10-11,16-21,25-28,31-32,57H,4-6,9,12-15,22-24,29-30,33-56H2,1-3H3/b10-7-,11-8-,19-16-,20-17-,21-18-,28-25-,31-26-,32-27-. The molecule has 0 saturated heterocycles. The fourth-order valence-corrected chi connectivity index (χ4v) is 7.16. The fourth-order valence-electron chi connectivity index (χ4n) is 7.16. The molecule has 0 spiro atoms. The lowest BCUT2D eigenvalue weighted by Gasteiger charge is -2.18. The molecule has 0 aromatic rings. The lowest BCUT2D eigenvalue weighted by molar-refractivity contribution is -0.163. The van der Waals surface area contributed by atoms with Crippen LogP contribution in [0.1, 0.15) is 239 Å². The molecule has 64 heavy (non-hydrogen) atoms. The summed E-state index contributed by atoms with van der Waals surface area (Å²) >= 11 is 0. The zero-order valence-corrected chi connectivity index (χ0v) is 42.0. The van der Waals surface area contributed by atoms with Crippen LogP contribution in [0.15, 0.2) is 97.2 Å². The van der Waals surface area contributed by atoms with E-state index in [1.165, 1.54) is 96.3 Å². The third kappa shape index (κ3) is 51.5. The van der Waals surface area contributed by atoms with Gasteiger partial charge < -0.3 is 14.2 Å². The second-order valence-electron chi connectivity index (χ2n) is 17.4. The molecular weight excluding hydrogens is 789 g/mol. The van der Waals surface area contributed by atoms with Gasteiger partial charge in [0.1, 0.15) is 6.61 Å². The molecule has 0 aliphatic heterocycles. The monoisotopic (exact) mass is 889 g/mol. The first-order valence-corrected chi connectivity index (χ1v) is 26.8. The topological polar surface area (TPSA) is 61.8 Å². The van der Waals surface area contributed by atoms with Gasteiger partial charge in [-0.05, 0) is 116 Å². The molecule has 0 radical (unpaired) electrons. The van der Waals surface area contributed by atoms with Crippen LogP contribution in [-0.2, 0) is 23.8 Å². The van der Waals surface area contributed by atoms with Crippen LogP contribution >= 0.6 is 0 Å². The minimum atomic E-state index is -0.560. The van der Waals surface area contributed by atoms with Gasteiger partial charge in [-0.2, -0.15) is 0 Å². The summed E-state index contributed by atoms with van der Waals surface area (Å²) in [4.78, 5) is 25.4. The molecule has 366 valence electrons. The highest BCUT2D eigenvalue weighted by atomic mass is 16.6. The Morgan fingerprint density at radius 3 is 1.12 bits per heavy atom. The molecule has 1 atom stereocenters. The van der Waals surface area contributed by atoms with Crippen molar-refractivity contribution in [1.82, 2.24) is 0 Å². The van der Waals surface area contributed by atoms with Crippen molar-refractivity contribution in [1.29, 1.82) is 0 Å². The molecule has 0 N–H and O–H groups in total. The Morgan fingerprint density at radius 2 is 0.703 bits per heavy atom. The average molecular weight is 889 g/mol. The summed E-state index contributed by atoms with van der Waals surface area (Å²) in [5, 5.41) is 0. The van der Waals surface area contributed by atoms with Crippen LogP contribution in [0, 0.1) is 0 Å². The summed E-state index contributed by atoms with van der Waals surface area (Å²) in [5.41, 5.74) is 0. The summed E-state index contributed by atoms with van der Waals surface area (Å²) < 4.78 is 17.4. The van der Waals surface area contributed by atoms with Crippen LogP contribution in [0.5, 0.6) is 0 Å². The Balaban J connectivity index is 4.34. The molecule has 0 amide bonds. The van der Waals surface area contributed by atoms with Gasteiger partial charge in [-0.1, -0.05) is 208 Å². The molecule has 0 rings (SSSR count). The number of allylic oxidation sites excluding steroid dienone is 16. The maximum absolute atomic E-state index is 12.8. The van der Waals surface area contributed by atoms with Crippen LogP contribution < -0.4 is 0 Å². The summed E-state index contributed by atoms with van der Waals surface area (Å²) in [6, 6.07) is 0. The zero-order chi connectivity index (χ0) is 46.3. The van der Waals surface area contributed by atoms with Crippen molar-refractivity contribution >= 4 is 11.9 Å². The van der Waals surface area contributed by atoms with E-state index in [0.29, 0.717) is 19.4 Å². The number of hydrogen-bond donors (Lipinski definition) is 0. The Bertz CT molecular complexity index is 1230. The van der Waals surface area contributed by atoms with Crippen molar-refractivity contribution in [3.63, 3.8) is 0 Å². The normalized spacial score (nSPS) is 13.0. The maximum atomic E-state index is 12.8. The fraction of sp³-hybridized carbons (Fsp3) is 0.695. The summed E-state index contributed by atoms with van der Waals surface area (Å²) in [6.45, 7) is 7.54. The molecule has 0 heterocycles. The summed E-state index contributed by atoms with van der Waals surface area (Å²) in [6.07, 6.45) is 72.7. The lowest BCUT2D eigenvalue weighted by Crippen LogP contribution is -2.30. The van der Waals surface area contributed by atoms with Gasteiger partial charge in [-0.3, -0.25) is 9.59 Å². The Hall–Kier alpha value is -3.18. The van der Waals surface area contributed by atoms with Gasteiger partial charge >= 0.3 is 11.9 Å². The van der Waals surface area contributed by atoms with Crippen molar-refractivity contribution in [3.8, 4) is 0 Å². The number of esters is 2. The van der Waals surface area contributed by atoms with Crippen LogP contribution in [0.2, 0.25) is 0 Å². The van der Waals surface area contributed by atoms with Gasteiger partial charge in [-0.25, -0.2) is 0 Å². The van der Waals surface area contributed by atoms with Gasteiger partial charge in [0.15, 0.2) is 6.10 Å². The van der Waals surface area contributed by atoms with Crippen LogP contribution in [-0.4, -0.2) is 37.9 Å². The van der Waals surface area contributed by atoms with E-state index in [4.69, 9.17) is 14.2 Å². The first kappa shape index (κ1) is 60.8. The van der Waals surface area contributed by atoms with Crippen LogP contribution in [0.25, 0.3) is 0 Å². The zero-order valence-electron chi connectivity index (χ0n) is 42.0. The molecule has 0 bridgehead atoms. The highest BCUT2D eigenvalue weighted by Gasteiger charge is 2.17. The third-order valence-corrected chi connectivity index (χ3v) is 11.1. The van der Waals surface area contributed by atoms with Crippen molar-refractivity contribution in [2.75, 3.05) is 19.8 Å². The predicted molar refractivity (Wildman–Crippen MR) is 279 cm³/mol. The highest BCUT2D eigenvalue weighted by Crippen LogP contribution is 2.13. The van der Waals surface area contributed by atoms with E-state index < -0.39 is 6.10 Å². The van der Waals surface area contributed by atoms with E-state index in [0.717, 1.165) is 109 Å². The molecule has 5 heteroatoms. The second kappa shape index (κ2) is 54.2. The number of carbonyl (C=O) groups is 2. The van der Waals surface area contributed by atoms with Crippen molar-refractivity contribution in [3.05, 3.63) is 97.2 Å². The lowest BCUT2D eigenvalue weighted by atomic mass is 10.1. The minimum Gasteiger partial charge on any atom is -0.462 e. The number of hydrogen-bond acceptors (Lipinski definition) is 5. The van der Waals surface area contributed by atoms with Gasteiger partial charge in [-0.15, -0.1) is 0 Å². The molecule has 0 fully saturated rings. The number of rotatable bonds is 48. The van der Waals surface area contributed by atoms with E-state index in [9.17, 15) is 9.59 Å². The van der Waals surface area contributed by atoms with Crippen molar-refractivity contribution < 1.29 is 23.8 Å². The van der Waals surface area contributed by atoms with Gasteiger partial charge in [0.25, 0.3) is 0 Å². The molecule has 5 nitrogen and oxygen atoms in total. The molecule has 0 aromatic heterocycles.